The van der Waals surface area contributed by atoms with Crippen LogP contribution in [0, 0.1) is 3.57 Å². The average Bonchev–Trinajstić information content (AvgIpc) is 2.95. The highest BCUT2D eigenvalue weighted by Crippen LogP contribution is 2.29. The fraction of sp³-hybridized carbons (Fsp3) is 0.118. The Balaban J connectivity index is 2.20. The average molecular weight is 444 g/mol. The van der Waals surface area contributed by atoms with Crippen molar-refractivity contribution in [2.24, 2.45) is 4.99 Å². The highest BCUT2D eigenvalue weighted by atomic mass is 127. The zero-order valence-corrected chi connectivity index (χ0v) is 14.7. The first-order chi connectivity index (χ1) is 11.4. The number of hydrogen-bond acceptors (Lipinski definition) is 2. The van der Waals surface area contributed by atoms with E-state index in [-0.39, 0.29) is 5.69 Å². The molecule has 0 unspecified atom stereocenters. The molecular formula is C17H12F3IN2O. The van der Waals surface area contributed by atoms with Gasteiger partial charge in [0.1, 0.15) is 5.75 Å². The summed E-state index contributed by atoms with van der Waals surface area (Å²) in [5.74, 6) is -0.393. The molecule has 0 spiro atoms. The SMILES string of the molecule is COc1ccc2c(ccn2C(=Nc2ccccc2I)C(F)(F)F)c1. The summed E-state index contributed by atoms with van der Waals surface area (Å²) in [6, 6.07) is 13.2. The van der Waals surface area contributed by atoms with Gasteiger partial charge in [0.15, 0.2) is 0 Å². The van der Waals surface area contributed by atoms with Crippen molar-refractivity contribution in [3.63, 3.8) is 0 Å². The molecule has 0 saturated heterocycles. The molecule has 3 rings (SSSR count). The van der Waals surface area contributed by atoms with E-state index in [1.807, 2.05) is 22.6 Å². The lowest BCUT2D eigenvalue weighted by atomic mass is 10.2. The number of alkyl halides is 3. The van der Waals surface area contributed by atoms with Crippen LogP contribution in [0.5, 0.6) is 5.75 Å². The molecule has 7 heteroatoms. The van der Waals surface area contributed by atoms with Crippen LogP contribution >= 0.6 is 22.6 Å². The third kappa shape index (κ3) is 3.26. The van der Waals surface area contributed by atoms with Crippen LogP contribution in [0.15, 0.2) is 59.7 Å². The minimum absolute atomic E-state index is 0.279. The van der Waals surface area contributed by atoms with E-state index in [4.69, 9.17) is 4.74 Å². The molecule has 0 atom stereocenters. The minimum atomic E-state index is -4.59. The van der Waals surface area contributed by atoms with Gasteiger partial charge in [-0.15, -0.1) is 0 Å². The highest BCUT2D eigenvalue weighted by molar-refractivity contribution is 14.1. The van der Waals surface area contributed by atoms with E-state index in [1.165, 1.54) is 13.3 Å². The smallest absolute Gasteiger partial charge is 0.450 e. The number of methoxy groups -OCH3 is 1. The van der Waals surface area contributed by atoms with E-state index < -0.39 is 12.0 Å². The summed E-state index contributed by atoms with van der Waals surface area (Å²) in [6.45, 7) is 0. The highest BCUT2D eigenvalue weighted by Gasteiger charge is 2.38. The number of aromatic nitrogens is 1. The van der Waals surface area contributed by atoms with Gasteiger partial charge in [-0.3, -0.25) is 4.57 Å². The van der Waals surface area contributed by atoms with Crippen molar-refractivity contribution in [3.8, 4) is 5.75 Å². The summed E-state index contributed by atoms with van der Waals surface area (Å²) in [6.07, 6.45) is -3.23. The fourth-order valence-electron chi connectivity index (χ4n) is 2.34. The molecule has 0 N–H and O–H groups in total. The third-order valence-corrected chi connectivity index (χ3v) is 4.37. The van der Waals surface area contributed by atoms with Crippen molar-refractivity contribution < 1.29 is 17.9 Å². The standard InChI is InChI=1S/C17H12F3IN2O/c1-24-12-6-7-15-11(10-12)8-9-23(15)16(17(18,19)20)22-14-5-3-2-4-13(14)21/h2-10H,1H3. The lowest BCUT2D eigenvalue weighted by molar-refractivity contribution is -0.0613. The van der Waals surface area contributed by atoms with E-state index in [0.29, 0.717) is 20.2 Å². The Hall–Kier alpha value is -2.03. The van der Waals surface area contributed by atoms with Gasteiger partial charge in [0.05, 0.1) is 18.3 Å². The number of fused-ring (bicyclic) bond motifs is 1. The van der Waals surface area contributed by atoms with E-state index in [9.17, 15) is 13.2 Å². The second-order valence-electron chi connectivity index (χ2n) is 5.00. The maximum absolute atomic E-state index is 13.6. The lowest BCUT2D eigenvalue weighted by Gasteiger charge is -2.13. The fourth-order valence-corrected chi connectivity index (χ4v) is 2.85. The van der Waals surface area contributed by atoms with Gasteiger partial charge >= 0.3 is 6.18 Å². The van der Waals surface area contributed by atoms with Gasteiger partial charge < -0.3 is 4.74 Å². The summed E-state index contributed by atoms with van der Waals surface area (Å²) in [7, 11) is 1.51. The zero-order chi connectivity index (χ0) is 17.3. The number of para-hydroxylation sites is 1. The van der Waals surface area contributed by atoms with Crippen LogP contribution in [0.3, 0.4) is 0 Å². The Morgan fingerprint density at radius 1 is 1.12 bits per heavy atom. The van der Waals surface area contributed by atoms with Gasteiger partial charge in [-0.05, 0) is 59.0 Å². The van der Waals surface area contributed by atoms with E-state index in [2.05, 4.69) is 4.99 Å². The van der Waals surface area contributed by atoms with Gasteiger partial charge in [0.25, 0.3) is 0 Å². The quantitative estimate of drug-likeness (QED) is 0.296. The van der Waals surface area contributed by atoms with Crippen molar-refractivity contribution in [1.82, 2.24) is 4.57 Å². The van der Waals surface area contributed by atoms with Crippen molar-refractivity contribution in [3.05, 3.63) is 58.3 Å². The van der Waals surface area contributed by atoms with E-state index in [1.54, 1.807) is 48.5 Å². The first-order valence-corrected chi connectivity index (χ1v) is 8.04. The normalized spacial score (nSPS) is 12.6. The van der Waals surface area contributed by atoms with E-state index in [0.717, 1.165) is 4.57 Å². The molecule has 0 radical (unpaired) electrons. The van der Waals surface area contributed by atoms with Crippen LogP contribution in [0.25, 0.3) is 10.9 Å². The second-order valence-corrected chi connectivity index (χ2v) is 6.16. The molecule has 2 aromatic carbocycles. The molecule has 1 aromatic heterocycles. The number of benzene rings is 2. The molecular weight excluding hydrogens is 432 g/mol. The van der Waals surface area contributed by atoms with Crippen LogP contribution in [0.1, 0.15) is 0 Å². The molecule has 0 saturated carbocycles. The molecule has 0 bridgehead atoms. The molecule has 1 heterocycles. The molecule has 0 amide bonds. The Labute approximate surface area is 149 Å². The number of rotatable bonds is 2. The molecule has 0 aliphatic rings. The number of hydrogen-bond donors (Lipinski definition) is 0. The molecule has 124 valence electrons. The van der Waals surface area contributed by atoms with Crippen molar-refractivity contribution >= 4 is 45.0 Å². The monoisotopic (exact) mass is 444 g/mol. The van der Waals surface area contributed by atoms with Gasteiger partial charge in [-0.1, -0.05) is 12.1 Å². The number of halogens is 4. The third-order valence-electron chi connectivity index (χ3n) is 3.46. The number of ether oxygens (including phenoxy) is 1. The maximum Gasteiger partial charge on any atom is 0.450 e. The first-order valence-electron chi connectivity index (χ1n) is 6.96. The van der Waals surface area contributed by atoms with Crippen LogP contribution in [0.4, 0.5) is 18.9 Å². The second kappa shape index (κ2) is 6.46. The molecule has 0 fully saturated rings. The number of nitrogens with zero attached hydrogens (tertiary/aromatic N) is 2. The summed E-state index contributed by atoms with van der Waals surface area (Å²) >= 11 is 1.97. The molecule has 3 nitrogen and oxygen atoms in total. The minimum Gasteiger partial charge on any atom is -0.497 e. The molecule has 0 aliphatic heterocycles. The van der Waals surface area contributed by atoms with Crippen LogP contribution in [-0.2, 0) is 0 Å². The predicted octanol–water partition coefficient (Wildman–Crippen LogP) is 5.40. The summed E-state index contributed by atoms with van der Waals surface area (Å²) in [5, 5.41) is 0.647. The molecule has 0 aliphatic carbocycles. The Kier molecular flexibility index (Phi) is 4.53. The lowest BCUT2D eigenvalue weighted by Crippen LogP contribution is -2.29. The molecule has 24 heavy (non-hydrogen) atoms. The largest absolute Gasteiger partial charge is 0.497 e. The van der Waals surface area contributed by atoms with Gasteiger partial charge in [0, 0.05) is 15.2 Å². The van der Waals surface area contributed by atoms with Gasteiger partial charge in [-0.2, -0.15) is 13.2 Å². The Morgan fingerprint density at radius 2 is 1.88 bits per heavy atom. The predicted molar refractivity (Wildman–Crippen MR) is 96.2 cm³/mol. The zero-order valence-electron chi connectivity index (χ0n) is 12.5. The van der Waals surface area contributed by atoms with Crippen LogP contribution in [-0.4, -0.2) is 23.7 Å². The van der Waals surface area contributed by atoms with E-state index >= 15 is 0 Å². The number of aliphatic imine (C=N–C) groups is 1. The van der Waals surface area contributed by atoms with Crippen LogP contribution < -0.4 is 4.74 Å². The van der Waals surface area contributed by atoms with Gasteiger partial charge in [0.2, 0.25) is 5.84 Å². The first kappa shape index (κ1) is 16.8. The summed E-state index contributed by atoms with van der Waals surface area (Å²) in [4.78, 5) is 3.88. The Morgan fingerprint density at radius 3 is 2.54 bits per heavy atom. The van der Waals surface area contributed by atoms with Crippen molar-refractivity contribution in [1.29, 1.82) is 0 Å². The molecule has 3 aromatic rings. The maximum atomic E-state index is 13.6. The summed E-state index contributed by atoms with van der Waals surface area (Å²) in [5.41, 5.74) is 0.693. The Bertz CT molecular complexity index is 916. The topological polar surface area (TPSA) is 26.5 Å². The van der Waals surface area contributed by atoms with Crippen molar-refractivity contribution in [2.75, 3.05) is 7.11 Å². The van der Waals surface area contributed by atoms with Gasteiger partial charge in [-0.25, -0.2) is 4.99 Å². The summed E-state index contributed by atoms with van der Waals surface area (Å²) < 4.78 is 47.6. The van der Waals surface area contributed by atoms with Crippen molar-refractivity contribution in [2.45, 2.75) is 6.18 Å². The van der Waals surface area contributed by atoms with Crippen LogP contribution in [0.2, 0.25) is 0 Å².